The van der Waals surface area contributed by atoms with Crippen molar-refractivity contribution in [1.29, 1.82) is 0 Å². The zero-order valence-corrected chi connectivity index (χ0v) is 8.53. The molecule has 58 valence electrons. The van der Waals surface area contributed by atoms with Gasteiger partial charge in [-0.2, -0.15) is 0 Å². The highest BCUT2D eigenvalue weighted by Crippen LogP contribution is 2.25. The monoisotopic (exact) mass is 202 g/mol. The van der Waals surface area contributed by atoms with Gasteiger partial charge in [0, 0.05) is 4.48 Å². The Morgan fingerprint density at radius 2 is 2.10 bits per heavy atom. The highest BCUT2D eigenvalue weighted by Gasteiger charge is 2.10. The molecule has 0 saturated carbocycles. The quantitative estimate of drug-likeness (QED) is 0.610. The van der Waals surface area contributed by atoms with Gasteiger partial charge in [-0.1, -0.05) is 55.4 Å². The van der Waals surface area contributed by atoms with Crippen molar-refractivity contribution in [1.82, 2.24) is 0 Å². The lowest BCUT2D eigenvalue weighted by Crippen LogP contribution is -2.04. The molecule has 0 saturated heterocycles. The first-order valence-electron chi connectivity index (χ1n) is 3.52. The summed E-state index contributed by atoms with van der Waals surface area (Å²) in [6.07, 6.45) is 5.15. The van der Waals surface area contributed by atoms with Crippen LogP contribution in [0.1, 0.15) is 27.2 Å². The summed E-state index contributed by atoms with van der Waals surface area (Å²) < 4.78 is 1.08. The van der Waals surface area contributed by atoms with Crippen LogP contribution in [-0.2, 0) is 0 Å². The summed E-state index contributed by atoms with van der Waals surface area (Å²) in [6.45, 7) is 10.3. The second-order valence-corrected chi connectivity index (χ2v) is 3.99. The largest absolute Gasteiger partial charge is 0.0980 e. The van der Waals surface area contributed by atoms with E-state index in [2.05, 4.69) is 49.4 Å². The Morgan fingerprint density at radius 1 is 1.60 bits per heavy atom. The maximum absolute atomic E-state index is 3.66. The summed E-state index contributed by atoms with van der Waals surface area (Å²) in [6, 6.07) is 0. The normalized spacial score (nSPS) is 13.4. The fourth-order valence-electron chi connectivity index (χ4n) is 0.534. The first kappa shape index (κ1) is 9.96. The minimum absolute atomic E-state index is 0.285. The molecule has 0 spiro atoms. The van der Waals surface area contributed by atoms with Gasteiger partial charge >= 0.3 is 0 Å². The number of allylic oxidation sites excluding steroid dienone is 3. The number of hydrogen-bond donors (Lipinski definition) is 0. The van der Waals surface area contributed by atoms with Gasteiger partial charge in [0.1, 0.15) is 0 Å². The molecule has 0 rings (SSSR count). The van der Waals surface area contributed by atoms with E-state index in [1.165, 1.54) is 0 Å². The van der Waals surface area contributed by atoms with Crippen LogP contribution in [0.5, 0.6) is 0 Å². The zero-order valence-electron chi connectivity index (χ0n) is 6.95. The third-order valence-corrected chi connectivity index (χ3v) is 2.19. The molecule has 10 heavy (non-hydrogen) atoms. The molecule has 1 heteroatoms. The van der Waals surface area contributed by atoms with E-state index in [1.807, 2.05) is 6.08 Å². The van der Waals surface area contributed by atoms with Gasteiger partial charge in [0.25, 0.3) is 0 Å². The van der Waals surface area contributed by atoms with Crippen molar-refractivity contribution < 1.29 is 0 Å². The summed E-state index contributed by atoms with van der Waals surface area (Å²) >= 11 is 3.40. The summed E-state index contributed by atoms with van der Waals surface area (Å²) in [5, 5.41) is 0. The topological polar surface area (TPSA) is 0 Å². The highest BCUT2D eigenvalue weighted by atomic mass is 79.9. The summed E-state index contributed by atoms with van der Waals surface area (Å²) in [7, 11) is 0. The van der Waals surface area contributed by atoms with Crippen molar-refractivity contribution in [3.05, 3.63) is 23.2 Å². The Bertz CT molecular complexity index is 143. The molecule has 0 bridgehead atoms. The number of rotatable bonds is 3. The van der Waals surface area contributed by atoms with Gasteiger partial charge in [0.2, 0.25) is 0 Å². The minimum atomic E-state index is 0.285. The number of hydrogen-bond acceptors (Lipinski definition) is 0. The fraction of sp³-hybridized carbons (Fsp3) is 0.556. The van der Waals surface area contributed by atoms with Gasteiger partial charge in [0.05, 0.1) is 0 Å². The molecule has 0 unspecified atom stereocenters. The summed E-state index contributed by atoms with van der Waals surface area (Å²) in [5.74, 6) is 0. The summed E-state index contributed by atoms with van der Waals surface area (Å²) in [4.78, 5) is 0. The molecule has 0 nitrogen and oxygen atoms in total. The van der Waals surface area contributed by atoms with Crippen LogP contribution < -0.4 is 0 Å². The highest BCUT2D eigenvalue weighted by molar-refractivity contribution is 9.11. The van der Waals surface area contributed by atoms with Crippen LogP contribution in [0, 0.1) is 5.41 Å². The third-order valence-electron chi connectivity index (χ3n) is 1.63. The lowest BCUT2D eigenvalue weighted by atomic mass is 9.90. The molecule has 0 aromatic rings. The van der Waals surface area contributed by atoms with E-state index in [9.17, 15) is 0 Å². The van der Waals surface area contributed by atoms with Gasteiger partial charge < -0.3 is 0 Å². The van der Waals surface area contributed by atoms with E-state index in [-0.39, 0.29) is 5.41 Å². The SMILES string of the molecule is C=C/C(Br)=C/C(C)(C)CC. The Labute approximate surface area is 72.1 Å². The molecule has 0 aromatic heterocycles. The van der Waals surface area contributed by atoms with Crippen LogP contribution in [0.4, 0.5) is 0 Å². The predicted octanol–water partition coefficient (Wildman–Crippen LogP) is 3.89. The van der Waals surface area contributed by atoms with E-state index in [4.69, 9.17) is 0 Å². The molecule has 0 amide bonds. The Morgan fingerprint density at radius 3 is 2.40 bits per heavy atom. The average Bonchev–Trinajstić information content (AvgIpc) is 1.87. The molecule has 0 aromatic carbocycles. The van der Waals surface area contributed by atoms with Crippen molar-refractivity contribution in [2.24, 2.45) is 5.41 Å². The van der Waals surface area contributed by atoms with Crippen LogP contribution in [0.3, 0.4) is 0 Å². The van der Waals surface area contributed by atoms with E-state index < -0.39 is 0 Å². The van der Waals surface area contributed by atoms with Crippen molar-refractivity contribution in [2.75, 3.05) is 0 Å². The maximum Gasteiger partial charge on any atom is 0.0134 e. The molecule has 0 atom stereocenters. The average molecular weight is 203 g/mol. The van der Waals surface area contributed by atoms with Gasteiger partial charge in [0.15, 0.2) is 0 Å². The number of halogens is 1. The molecular weight excluding hydrogens is 188 g/mol. The molecule has 0 aliphatic carbocycles. The lowest BCUT2D eigenvalue weighted by Gasteiger charge is -2.17. The fourth-order valence-corrected chi connectivity index (χ4v) is 1.15. The smallest absolute Gasteiger partial charge is 0.0134 e. The van der Waals surface area contributed by atoms with E-state index in [0.29, 0.717) is 0 Å². The third kappa shape index (κ3) is 3.89. The first-order valence-corrected chi connectivity index (χ1v) is 4.32. The van der Waals surface area contributed by atoms with E-state index in [0.717, 1.165) is 10.9 Å². The van der Waals surface area contributed by atoms with Gasteiger partial charge in [-0.05, 0) is 11.8 Å². The van der Waals surface area contributed by atoms with E-state index >= 15 is 0 Å². The second kappa shape index (κ2) is 3.97. The van der Waals surface area contributed by atoms with Gasteiger partial charge in [-0.25, -0.2) is 0 Å². The Kier molecular flexibility index (Phi) is 3.95. The van der Waals surface area contributed by atoms with Gasteiger partial charge in [-0.15, -0.1) is 0 Å². The predicted molar refractivity (Wildman–Crippen MR) is 51.3 cm³/mol. The van der Waals surface area contributed by atoms with Crippen LogP contribution >= 0.6 is 15.9 Å². The standard InChI is InChI=1S/C9H15Br/c1-5-8(10)7-9(3,4)6-2/h5,7H,1,6H2,2-4H3/b8-7-. The molecule has 0 fully saturated rings. The molecule has 0 radical (unpaired) electrons. The van der Waals surface area contributed by atoms with Crippen LogP contribution in [-0.4, -0.2) is 0 Å². The van der Waals surface area contributed by atoms with Crippen LogP contribution in [0.25, 0.3) is 0 Å². The van der Waals surface area contributed by atoms with Crippen molar-refractivity contribution in [3.8, 4) is 0 Å². The molecular formula is C9H15Br. The minimum Gasteiger partial charge on any atom is -0.0980 e. The molecule has 0 N–H and O–H groups in total. The Balaban J connectivity index is 4.22. The van der Waals surface area contributed by atoms with E-state index in [1.54, 1.807) is 0 Å². The van der Waals surface area contributed by atoms with Crippen LogP contribution in [0.15, 0.2) is 23.2 Å². The first-order chi connectivity index (χ1) is 4.52. The Hall–Kier alpha value is -0.0400. The zero-order chi connectivity index (χ0) is 8.20. The molecule has 0 aliphatic heterocycles. The molecule has 0 aliphatic rings. The van der Waals surface area contributed by atoms with Crippen molar-refractivity contribution in [2.45, 2.75) is 27.2 Å². The summed E-state index contributed by atoms with van der Waals surface area (Å²) in [5.41, 5.74) is 0.285. The van der Waals surface area contributed by atoms with Crippen LogP contribution in [0.2, 0.25) is 0 Å². The second-order valence-electron chi connectivity index (χ2n) is 3.08. The van der Waals surface area contributed by atoms with Crippen molar-refractivity contribution in [3.63, 3.8) is 0 Å². The van der Waals surface area contributed by atoms with Crippen molar-refractivity contribution >= 4 is 15.9 Å². The lowest BCUT2D eigenvalue weighted by molar-refractivity contribution is 0.462. The maximum atomic E-state index is 3.66. The molecule has 0 heterocycles. The van der Waals surface area contributed by atoms with Gasteiger partial charge in [-0.3, -0.25) is 0 Å².